The van der Waals surface area contributed by atoms with Gasteiger partial charge in [0.1, 0.15) is 0 Å². The Labute approximate surface area is 78.1 Å². The van der Waals surface area contributed by atoms with Crippen molar-refractivity contribution in [3.8, 4) is 0 Å². The largest absolute Gasteiger partial charge is 0.263 e. The lowest BCUT2D eigenvalue weighted by Crippen LogP contribution is -2.10. The highest BCUT2D eigenvalue weighted by Crippen LogP contribution is 2.53. The zero-order valence-corrected chi connectivity index (χ0v) is 10.5. The highest BCUT2D eigenvalue weighted by molar-refractivity contribution is 9.05. The van der Waals surface area contributed by atoms with Crippen molar-refractivity contribution in [2.45, 2.75) is 0 Å². The van der Waals surface area contributed by atoms with Crippen LogP contribution >= 0.6 is 5.53 Å². The van der Waals surface area contributed by atoms with E-state index in [0.717, 1.165) is 0 Å². The maximum atomic E-state index is 10.9. The summed E-state index contributed by atoms with van der Waals surface area (Å²) in [5.41, 5.74) is -3.07. The van der Waals surface area contributed by atoms with Crippen molar-refractivity contribution >= 4 is 33.9 Å². The summed E-state index contributed by atoms with van der Waals surface area (Å²) in [6.07, 6.45) is 1.79. The van der Waals surface area contributed by atoms with Crippen molar-refractivity contribution in [1.82, 2.24) is 0 Å². The van der Waals surface area contributed by atoms with Gasteiger partial charge in [0.05, 0.1) is 0 Å². The third kappa shape index (κ3) is 3.88. The Morgan fingerprint density at radius 2 is 0.769 bits per heavy atom. The Morgan fingerprint density at radius 1 is 0.615 bits per heavy atom. The van der Waals surface area contributed by atoms with E-state index in [2.05, 4.69) is 0 Å². The maximum absolute atomic E-state index is 10.9. The van der Waals surface area contributed by atoms with Gasteiger partial charge in [0, 0.05) is 18.8 Å². The van der Waals surface area contributed by atoms with Gasteiger partial charge in [-0.15, -0.1) is 0 Å². The predicted molar refractivity (Wildman–Crippen MR) is 51.5 cm³/mol. The third-order valence-corrected chi connectivity index (χ3v) is 21.9. The van der Waals surface area contributed by atoms with Crippen LogP contribution in [0.3, 0.4) is 0 Å². The molecule has 13 heavy (non-hydrogen) atoms. The van der Waals surface area contributed by atoms with E-state index >= 15 is 0 Å². The molecule has 0 unspecified atom stereocenters. The molecule has 0 aliphatic carbocycles. The summed E-state index contributed by atoms with van der Waals surface area (Å²) in [4.78, 5) is 0. The molecule has 0 radical (unpaired) electrons. The summed E-state index contributed by atoms with van der Waals surface area (Å²) < 4.78 is 65.4. The number of hydrogen-bond acceptors (Lipinski definition) is 6. The molecule has 0 saturated heterocycles. The van der Waals surface area contributed by atoms with Crippen LogP contribution in [-0.4, -0.2) is 44.0 Å². The molecule has 0 amide bonds. The fraction of sp³-hybridized carbons (Fsp3) is 1.00. The lowest BCUT2D eigenvalue weighted by molar-refractivity contribution is 0.610. The highest BCUT2D eigenvalue weighted by atomic mass is 33.4. The van der Waals surface area contributed by atoms with Gasteiger partial charge in [-0.3, -0.25) is 0 Å². The second-order valence-electron chi connectivity index (χ2n) is 2.42. The summed E-state index contributed by atoms with van der Waals surface area (Å²) in [6, 6.07) is 0. The number of hydrogen-bond donors (Lipinski definition) is 0. The molecule has 0 aromatic carbocycles. The number of rotatable bonds is 3. The van der Waals surface area contributed by atoms with Gasteiger partial charge < -0.3 is 0 Å². The van der Waals surface area contributed by atoms with E-state index in [1.165, 1.54) is 0 Å². The van der Waals surface area contributed by atoms with Crippen molar-refractivity contribution < 1.29 is 25.3 Å². The van der Waals surface area contributed by atoms with Gasteiger partial charge in [-0.1, -0.05) is 0 Å². The Kier molecular flexibility index (Phi) is 3.52. The topological polar surface area (TPSA) is 102 Å². The molecule has 0 aliphatic heterocycles. The van der Waals surface area contributed by atoms with Crippen molar-refractivity contribution in [1.29, 1.82) is 0 Å². The quantitative estimate of drug-likeness (QED) is 0.630. The standard InChI is InChI=1S/C3H9O6PS3/c1-11(4,5)10(12(2,6)7)13(3,8)9/h1-3H3. The molecular formula is C3H9O6PS3. The molecule has 80 valence electrons. The van der Waals surface area contributed by atoms with Gasteiger partial charge in [-0.05, 0) is 0 Å². The van der Waals surface area contributed by atoms with Crippen LogP contribution < -0.4 is 0 Å². The van der Waals surface area contributed by atoms with E-state index in [1.807, 2.05) is 0 Å². The predicted octanol–water partition coefficient (Wildman–Crippen LogP) is -0.653. The Bertz CT molecular complexity index is 405. The summed E-state index contributed by atoms with van der Waals surface area (Å²) in [5.74, 6) is 0. The van der Waals surface area contributed by atoms with Gasteiger partial charge in [-0.2, -0.15) is 0 Å². The van der Waals surface area contributed by atoms with Crippen LogP contribution in [0.15, 0.2) is 0 Å². The third-order valence-electron chi connectivity index (χ3n) is 0.812. The normalized spacial score (nSPS) is 14.8. The van der Waals surface area contributed by atoms with E-state index in [1.54, 1.807) is 0 Å². The van der Waals surface area contributed by atoms with Gasteiger partial charge in [-0.25, -0.2) is 25.3 Å². The van der Waals surface area contributed by atoms with Crippen LogP contribution in [0.1, 0.15) is 0 Å². The Hall–Kier alpha value is 0.280. The average Bonchev–Trinajstić information content (AvgIpc) is 1.44. The lowest BCUT2D eigenvalue weighted by atomic mass is 12.0. The first kappa shape index (κ1) is 13.3. The molecule has 0 bridgehead atoms. The first-order valence-corrected chi connectivity index (χ1v) is 11.6. The van der Waals surface area contributed by atoms with Crippen molar-refractivity contribution in [2.75, 3.05) is 18.8 Å². The average molecular weight is 268 g/mol. The highest BCUT2D eigenvalue weighted by Gasteiger charge is 2.41. The van der Waals surface area contributed by atoms with E-state index in [9.17, 15) is 25.3 Å². The maximum Gasteiger partial charge on any atom is 0.263 e. The van der Waals surface area contributed by atoms with Crippen LogP contribution in [0.2, 0.25) is 0 Å². The van der Waals surface area contributed by atoms with Crippen LogP contribution in [0, 0.1) is 0 Å². The molecule has 0 aromatic rings. The molecule has 0 spiro atoms. The Balaban J connectivity index is 5.87. The molecule has 0 atom stereocenters. The Morgan fingerprint density at radius 3 is 0.769 bits per heavy atom. The SMILES string of the molecule is CS(=O)(=O)P(S(C)(=O)=O)S(C)(=O)=O. The van der Waals surface area contributed by atoms with Crippen molar-refractivity contribution in [3.05, 3.63) is 0 Å². The summed E-state index contributed by atoms with van der Waals surface area (Å²) >= 11 is 0. The summed E-state index contributed by atoms with van der Waals surface area (Å²) in [6.45, 7) is 0. The lowest BCUT2D eigenvalue weighted by Gasteiger charge is -2.09. The van der Waals surface area contributed by atoms with Crippen LogP contribution in [0.25, 0.3) is 0 Å². The fourth-order valence-corrected chi connectivity index (χ4v) is 19.9. The minimum atomic E-state index is -4.09. The second kappa shape index (κ2) is 3.45. The zero-order valence-electron chi connectivity index (χ0n) is 7.12. The molecule has 0 N–H and O–H groups in total. The molecule has 0 heterocycles. The molecular weight excluding hydrogens is 259 g/mol. The monoisotopic (exact) mass is 268 g/mol. The first-order chi connectivity index (χ1) is 5.37. The minimum Gasteiger partial charge on any atom is -0.223 e. The second-order valence-corrected chi connectivity index (χ2v) is 18.6. The molecule has 6 nitrogen and oxygen atoms in total. The van der Waals surface area contributed by atoms with Gasteiger partial charge in [0.2, 0.25) is 0 Å². The molecule has 0 saturated carbocycles. The smallest absolute Gasteiger partial charge is 0.223 e. The molecule has 0 rings (SSSR count). The molecule has 0 fully saturated rings. The van der Waals surface area contributed by atoms with Crippen molar-refractivity contribution in [3.63, 3.8) is 0 Å². The minimum absolute atomic E-state index is 0.598. The first-order valence-electron chi connectivity index (χ1n) is 2.77. The molecule has 0 aliphatic rings. The van der Waals surface area contributed by atoms with Gasteiger partial charge in [0.25, 0.3) is 5.53 Å². The van der Waals surface area contributed by atoms with Gasteiger partial charge >= 0.3 is 0 Å². The summed E-state index contributed by atoms with van der Waals surface area (Å²) in [7, 11) is -12.3. The molecule has 10 heteroatoms. The van der Waals surface area contributed by atoms with Gasteiger partial charge in [0.15, 0.2) is 28.4 Å². The van der Waals surface area contributed by atoms with Crippen LogP contribution in [-0.2, 0) is 28.4 Å². The fourth-order valence-electron chi connectivity index (χ4n) is 0.738. The van der Waals surface area contributed by atoms with E-state index in [4.69, 9.17) is 0 Å². The van der Waals surface area contributed by atoms with Crippen LogP contribution in [0.5, 0.6) is 0 Å². The van der Waals surface area contributed by atoms with E-state index in [-0.39, 0.29) is 0 Å². The van der Waals surface area contributed by atoms with Crippen LogP contribution in [0.4, 0.5) is 0 Å². The summed E-state index contributed by atoms with van der Waals surface area (Å²) in [5, 5.41) is 0. The van der Waals surface area contributed by atoms with E-state index in [0.29, 0.717) is 18.8 Å². The van der Waals surface area contributed by atoms with Crippen molar-refractivity contribution in [2.24, 2.45) is 0 Å². The zero-order chi connectivity index (χ0) is 11.1. The van der Waals surface area contributed by atoms with E-state index < -0.39 is 33.9 Å². The molecule has 0 aromatic heterocycles.